The Labute approximate surface area is 183 Å². The van der Waals surface area contributed by atoms with Crippen molar-refractivity contribution in [1.29, 1.82) is 0 Å². The second-order valence-corrected chi connectivity index (χ2v) is 8.09. The van der Waals surface area contributed by atoms with E-state index in [0.29, 0.717) is 6.04 Å². The van der Waals surface area contributed by atoms with Crippen molar-refractivity contribution in [2.45, 2.75) is 31.8 Å². The van der Waals surface area contributed by atoms with E-state index in [-0.39, 0.29) is 11.9 Å². The molecule has 0 saturated carbocycles. The van der Waals surface area contributed by atoms with E-state index < -0.39 is 0 Å². The zero-order valence-corrected chi connectivity index (χ0v) is 18.1. The molecule has 1 aliphatic heterocycles. The summed E-state index contributed by atoms with van der Waals surface area (Å²) in [6.07, 6.45) is 3.91. The minimum absolute atomic E-state index is 0.00469. The molecule has 6 heteroatoms. The number of benzene rings is 2. The van der Waals surface area contributed by atoms with Crippen molar-refractivity contribution in [3.05, 3.63) is 72.9 Å². The van der Waals surface area contributed by atoms with E-state index in [2.05, 4.69) is 37.4 Å². The van der Waals surface area contributed by atoms with Crippen LogP contribution in [0.4, 0.5) is 11.5 Å². The summed E-state index contributed by atoms with van der Waals surface area (Å²) < 4.78 is 0. The number of para-hydroxylation sites is 1. The smallest absolute Gasteiger partial charge is 0.241 e. The molecule has 3 aromatic rings. The molecule has 1 saturated heterocycles. The number of anilines is 2. The Morgan fingerprint density at radius 3 is 2.68 bits per heavy atom. The van der Waals surface area contributed by atoms with Gasteiger partial charge in [0.1, 0.15) is 0 Å². The Morgan fingerprint density at radius 1 is 1.13 bits per heavy atom. The lowest BCUT2D eigenvalue weighted by molar-refractivity contribution is -0.120. The Morgan fingerprint density at radius 2 is 1.90 bits per heavy atom. The zero-order valence-electron chi connectivity index (χ0n) is 18.1. The first-order valence-electron chi connectivity index (χ1n) is 10.8. The maximum absolute atomic E-state index is 13.1. The van der Waals surface area contributed by atoms with Gasteiger partial charge in [-0.05, 0) is 50.6 Å². The summed E-state index contributed by atoms with van der Waals surface area (Å²) >= 11 is 0. The van der Waals surface area contributed by atoms with E-state index in [9.17, 15) is 4.79 Å². The van der Waals surface area contributed by atoms with Crippen LogP contribution in [-0.2, 0) is 4.79 Å². The Hall–Kier alpha value is -3.25. The summed E-state index contributed by atoms with van der Waals surface area (Å²) in [4.78, 5) is 17.5. The van der Waals surface area contributed by atoms with Gasteiger partial charge in [0.2, 0.25) is 5.91 Å². The minimum atomic E-state index is -0.256. The van der Waals surface area contributed by atoms with Gasteiger partial charge in [0.15, 0.2) is 5.82 Å². The van der Waals surface area contributed by atoms with Crippen molar-refractivity contribution in [3.63, 3.8) is 0 Å². The molecule has 1 aromatic heterocycles. The number of aromatic nitrogens is 2. The molecule has 6 nitrogen and oxygen atoms in total. The first kappa shape index (κ1) is 21.0. The van der Waals surface area contributed by atoms with Gasteiger partial charge in [-0.2, -0.15) is 5.10 Å². The van der Waals surface area contributed by atoms with E-state index in [1.54, 1.807) is 6.20 Å². The summed E-state index contributed by atoms with van der Waals surface area (Å²) in [5, 5.41) is 11.4. The van der Waals surface area contributed by atoms with Crippen LogP contribution in [0.15, 0.2) is 72.9 Å². The molecule has 2 heterocycles. The third kappa shape index (κ3) is 4.91. The highest BCUT2D eigenvalue weighted by molar-refractivity contribution is 5.98. The number of nitrogens with one attached hydrogen (secondary N) is 1. The van der Waals surface area contributed by atoms with E-state index in [1.165, 1.54) is 0 Å². The number of carbonyl (C=O) groups is 1. The lowest BCUT2D eigenvalue weighted by atomic mass is 10.0. The highest BCUT2D eigenvalue weighted by Gasteiger charge is 2.29. The number of rotatable bonds is 7. The van der Waals surface area contributed by atoms with Crippen LogP contribution in [0.5, 0.6) is 0 Å². The topological polar surface area (TPSA) is 61.4 Å². The van der Waals surface area contributed by atoms with Gasteiger partial charge in [-0.25, -0.2) is 0 Å². The van der Waals surface area contributed by atoms with Crippen molar-refractivity contribution in [1.82, 2.24) is 15.1 Å². The van der Waals surface area contributed by atoms with Gasteiger partial charge < -0.3 is 10.2 Å². The Bertz CT molecular complexity index is 995. The van der Waals surface area contributed by atoms with Crippen molar-refractivity contribution in [3.8, 4) is 11.1 Å². The molecule has 1 N–H and O–H groups in total. The molecule has 0 spiro atoms. The highest BCUT2D eigenvalue weighted by atomic mass is 16.2. The molecule has 2 unspecified atom stereocenters. The molecule has 31 heavy (non-hydrogen) atoms. The maximum atomic E-state index is 13.1. The zero-order chi connectivity index (χ0) is 21.6. The van der Waals surface area contributed by atoms with Gasteiger partial charge >= 0.3 is 0 Å². The molecule has 1 amide bonds. The van der Waals surface area contributed by atoms with E-state index >= 15 is 0 Å². The fourth-order valence-electron chi connectivity index (χ4n) is 4.16. The summed E-state index contributed by atoms with van der Waals surface area (Å²) in [6, 6.07) is 22.1. The lowest BCUT2D eigenvalue weighted by Crippen LogP contribution is -2.46. The molecule has 0 aliphatic carbocycles. The number of amides is 1. The number of nitrogens with zero attached hydrogens (tertiary/aromatic N) is 4. The summed E-state index contributed by atoms with van der Waals surface area (Å²) in [5.41, 5.74) is 2.95. The van der Waals surface area contributed by atoms with Gasteiger partial charge in [0.25, 0.3) is 0 Å². The van der Waals surface area contributed by atoms with Crippen LogP contribution in [0, 0.1) is 0 Å². The second-order valence-electron chi connectivity index (χ2n) is 8.09. The van der Waals surface area contributed by atoms with Gasteiger partial charge in [-0.3, -0.25) is 9.69 Å². The summed E-state index contributed by atoms with van der Waals surface area (Å²) in [7, 11) is 2.01. The van der Waals surface area contributed by atoms with Crippen LogP contribution in [0.25, 0.3) is 11.1 Å². The van der Waals surface area contributed by atoms with Crippen molar-refractivity contribution >= 4 is 17.4 Å². The molecular formula is C25H29N5O. The van der Waals surface area contributed by atoms with E-state index in [0.717, 1.165) is 48.6 Å². The monoisotopic (exact) mass is 415 g/mol. The largest absolute Gasteiger partial charge is 0.351 e. The average molecular weight is 416 g/mol. The van der Waals surface area contributed by atoms with Gasteiger partial charge in [-0.15, -0.1) is 5.10 Å². The molecule has 4 rings (SSSR count). The van der Waals surface area contributed by atoms with Gasteiger partial charge in [0, 0.05) is 36.6 Å². The summed E-state index contributed by atoms with van der Waals surface area (Å²) in [6.45, 7) is 3.73. The quantitative estimate of drug-likeness (QED) is 0.630. The molecule has 2 atom stereocenters. The average Bonchev–Trinajstić information content (AvgIpc) is 3.28. The fourth-order valence-corrected chi connectivity index (χ4v) is 4.16. The molecule has 0 bridgehead atoms. The standard InChI is InChI=1S/C25H29N5O/c1-19(29(2)18-21-12-9-17-30(21)24-15-8-16-26-28-24)25(31)27-23-14-7-6-13-22(23)20-10-4-3-5-11-20/h3-8,10-11,13-16,19,21H,9,12,17-18H2,1-2H3,(H,27,31). The predicted molar refractivity (Wildman–Crippen MR) is 125 cm³/mol. The third-order valence-corrected chi connectivity index (χ3v) is 6.04. The van der Waals surface area contributed by atoms with E-state index in [4.69, 9.17) is 0 Å². The van der Waals surface area contributed by atoms with Crippen LogP contribution in [0.2, 0.25) is 0 Å². The molecule has 1 fully saturated rings. The molecule has 160 valence electrons. The lowest BCUT2D eigenvalue weighted by Gasteiger charge is -2.31. The number of likely N-dealkylation sites (N-methyl/N-ethyl adjacent to an activating group) is 1. The van der Waals surface area contributed by atoms with Crippen LogP contribution in [0.3, 0.4) is 0 Å². The predicted octanol–water partition coefficient (Wildman–Crippen LogP) is 4.07. The highest BCUT2D eigenvalue weighted by Crippen LogP contribution is 2.28. The maximum Gasteiger partial charge on any atom is 0.241 e. The summed E-state index contributed by atoms with van der Waals surface area (Å²) in [5.74, 6) is 0.905. The molecule has 1 aliphatic rings. The first-order valence-corrected chi connectivity index (χ1v) is 10.8. The number of carbonyl (C=O) groups excluding carboxylic acids is 1. The molecular weight excluding hydrogens is 386 g/mol. The van der Waals surface area contributed by atoms with Crippen LogP contribution in [-0.4, -0.2) is 53.2 Å². The first-order chi connectivity index (χ1) is 15.1. The van der Waals surface area contributed by atoms with Crippen LogP contribution in [0.1, 0.15) is 19.8 Å². The van der Waals surface area contributed by atoms with Gasteiger partial charge in [-0.1, -0.05) is 48.5 Å². The number of hydrogen-bond acceptors (Lipinski definition) is 5. The third-order valence-electron chi connectivity index (χ3n) is 6.04. The normalized spacial score (nSPS) is 17.0. The van der Waals surface area contributed by atoms with Crippen molar-refractivity contribution < 1.29 is 4.79 Å². The minimum Gasteiger partial charge on any atom is -0.351 e. The fraction of sp³-hybridized carbons (Fsp3) is 0.320. The SMILES string of the molecule is CC(C(=O)Nc1ccccc1-c1ccccc1)N(C)CC1CCCN1c1cccnn1. The second kappa shape index (κ2) is 9.71. The van der Waals surface area contributed by atoms with E-state index in [1.807, 2.05) is 68.6 Å². The Kier molecular flexibility index (Phi) is 6.57. The van der Waals surface area contributed by atoms with Crippen LogP contribution < -0.4 is 10.2 Å². The number of hydrogen-bond donors (Lipinski definition) is 1. The van der Waals surface area contributed by atoms with Gasteiger partial charge in [0.05, 0.1) is 6.04 Å². The van der Waals surface area contributed by atoms with Crippen molar-refractivity contribution in [2.24, 2.45) is 0 Å². The molecule has 0 radical (unpaired) electrons. The molecule has 2 aromatic carbocycles. The Balaban J connectivity index is 1.42. The van der Waals surface area contributed by atoms with Crippen LogP contribution >= 0.6 is 0 Å². The van der Waals surface area contributed by atoms with Crippen molar-refractivity contribution in [2.75, 3.05) is 30.4 Å².